The van der Waals surface area contributed by atoms with E-state index in [0.717, 1.165) is 19.3 Å². The van der Waals surface area contributed by atoms with Crippen LogP contribution in [0.2, 0.25) is 0 Å². The van der Waals surface area contributed by atoms with Crippen LogP contribution in [-0.4, -0.2) is 12.6 Å². The first-order chi connectivity index (χ1) is 7.13. The van der Waals surface area contributed by atoms with Gasteiger partial charge in [-0.2, -0.15) is 5.26 Å². The zero-order valence-electron chi connectivity index (χ0n) is 9.53. The summed E-state index contributed by atoms with van der Waals surface area (Å²) in [5.41, 5.74) is 0. The number of hydrogen-bond donors (Lipinski definition) is 0. The van der Waals surface area contributed by atoms with E-state index in [9.17, 15) is 4.79 Å². The van der Waals surface area contributed by atoms with E-state index < -0.39 is 0 Å². The molecule has 0 bridgehead atoms. The van der Waals surface area contributed by atoms with Gasteiger partial charge in [-0.25, -0.2) is 4.79 Å². The lowest BCUT2D eigenvalue weighted by Crippen LogP contribution is -2.13. The molecule has 0 heterocycles. The first kappa shape index (κ1) is 13.7. The van der Waals surface area contributed by atoms with Crippen molar-refractivity contribution in [1.29, 1.82) is 5.26 Å². The highest BCUT2D eigenvalue weighted by Crippen LogP contribution is 2.15. The molecule has 2 atom stereocenters. The van der Waals surface area contributed by atoms with E-state index in [1.54, 1.807) is 0 Å². The predicted octanol–water partition coefficient (Wildman–Crippen LogP) is 2.68. The van der Waals surface area contributed by atoms with Gasteiger partial charge in [-0.15, -0.1) is 0 Å². The van der Waals surface area contributed by atoms with Crippen LogP contribution in [0.25, 0.3) is 0 Å². The van der Waals surface area contributed by atoms with Gasteiger partial charge in [-0.1, -0.05) is 19.9 Å². The molecule has 0 rings (SSSR count). The Morgan fingerprint density at radius 2 is 2.27 bits per heavy atom. The molecule has 0 radical (unpaired) electrons. The van der Waals surface area contributed by atoms with Crippen molar-refractivity contribution in [2.45, 2.75) is 33.1 Å². The quantitative estimate of drug-likeness (QED) is 0.478. The standard InChI is InChI=1S/C12H19NO2/c1-4-11(7-6-10(3)8-13)9-15-12(14)5-2/h5,10-11H,2,4,6-7,9H2,1,3H3. The van der Waals surface area contributed by atoms with Gasteiger partial charge in [0.1, 0.15) is 0 Å². The fourth-order valence-corrected chi connectivity index (χ4v) is 1.21. The van der Waals surface area contributed by atoms with Gasteiger partial charge < -0.3 is 4.74 Å². The summed E-state index contributed by atoms with van der Waals surface area (Å²) in [4.78, 5) is 10.8. The maximum absolute atomic E-state index is 10.8. The average molecular weight is 209 g/mol. The van der Waals surface area contributed by atoms with Crippen LogP contribution in [0.1, 0.15) is 33.1 Å². The molecule has 0 amide bonds. The number of esters is 1. The fraction of sp³-hybridized carbons (Fsp3) is 0.667. The average Bonchev–Trinajstić information content (AvgIpc) is 2.28. The lowest BCUT2D eigenvalue weighted by molar-refractivity contribution is -0.139. The predicted molar refractivity (Wildman–Crippen MR) is 58.9 cm³/mol. The third-order valence-electron chi connectivity index (χ3n) is 2.43. The maximum Gasteiger partial charge on any atom is 0.330 e. The molecule has 0 aromatic heterocycles. The molecule has 15 heavy (non-hydrogen) atoms. The van der Waals surface area contributed by atoms with E-state index in [2.05, 4.69) is 19.6 Å². The third-order valence-corrected chi connectivity index (χ3v) is 2.43. The number of carbonyl (C=O) groups excluding carboxylic acids is 1. The van der Waals surface area contributed by atoms with E-state index in [1.807, 2.05) is 6.92 Å². The lowest BCUT2D eigenvalue weighted by Gasteiger charge is -2.14. The summed E-state index contributed by atoms with van der Waals surface area (Å²) in [6.07, 6.45) is 3.92. The Bertz CT molecular complexity index is 242. The highest BCUT2D eigenvalue weighted by molar-refractivity contribution is 5.81. The molecule has 3 nitrogen and oxygen atoms in total. The van der Waals surface area contributed by atoms with Gasteiger partial charge in [-0.3, -0.25) is 0 Å². The van der Waals surface area contributed by atoms with Crippen molar-refractivity contribution in [3.8, 4) is 6.07 Å². The SMILES string of the molecule is C=CC(=O)OCC(CC)CCC(C)C#N. The van der Waals surface area contributed by atoms with Crippen LogP contribution in [0.4, 0.5) is 0 Å². The van der Waals surface area contributed by atoms with E-state index in [1.165, 1.54) is 6.08 Å². The molecule has 3 heteroatoms. The summed E-state index contributed by atoms with van der Waals surface area (Å²) in [5.74, 6) is 0.0561. The zero-order valence-corrected chi connectivity index (χ0v) is 9.53. The number of nitriles is 1. The van der Waals surface area contributed by atoms with Crippen molar-refractivity contribution in [2.75, 3.05) is 6.61 Å². The second kappa shape index (κ2) is 8.05. The molecule has 0 saturated carbocycles. The molecule has 0 N–H and O–H groups in total. The van der Waals surface area contributed by atoms with Crippen molar-refractivity contribution < 1.29 is 9.53 Å². The van der Waals surface area contributed by atoms with Crippen LogP contribution in [-0.2, 0) is 9.53 Å². The van der Waals surface area contributed by atoms with Gasteiger partial charge in [0, 0.05) is 12.0 Å². The Morgan fingerprint density at radius 3 is 2.73 bits per heavy atom. The van der Waals surface area contributed by atoms with E-state index in [0.29, 0.717) is 12.5 Å². The topological polar surface area (TPSA) is 50.1 Å². The van der Waals surface area contributed by atoms with E-state index in [-0.39, 0.29) is 11.9 Å². The van der Waals surface area contributed by atoms with Gasteiger partial charge in [0.05, 0.1) is 12.7 Å². The number of nitrogens with zero attached hydrogens (tertiary/aromatic N) is 1. The molecule has 0 spiro atoms. The van der Waals surface area contributed by atoms with Gasteiger partial charge in [-0.05, 0) is 25.7 Å². The summed E-state index contributed by atoms with van der Waals surface area (Å²) < 4.78 is 4.97. The smallest absolute Gasteiger partial charge is 0.330 e. The Labute approximate surface area is 91.7 Å². The minimum atomic E-state index is -0.373. The highest BCUT2D eigenvalue weighted by atomic mass is 16.5. The molecule has 84 valence electrons. The van der Waals surface area contributed by atoms with Crippen molar-refractivity contribution in [2.24, 2.45) is 11.8 Å². The highest BCUT2D eigenvalue weighted by Gasteiger charge is 2.10. The molecule has 2 unspecified atom stereocenters. The van der Waals surface area contributed by atoms with Gasteiger partial charge in [0.25, 0.3) is 0 Å². The van der Waals surface area contributed by atoms with Gasteiger partial charge in [0.2, 0.25) is 0 Å². The molecule has 0 aromatic rings. The van der Waals surface area contributed by atoms with Crippen molar-refractivity contribution in [3.63, 3.8) is 0 Å². The fourth-order valence-electron chi connectivity index (χ4n) is 1.21. The van der Waals surface area contributed by atoms with Crippen LogP contribution >= 0.6 is 0 Å². The first-order valence-corrected chi connectivity index (χ1v) is 5.32. The molecular formula is C12H19NO2. The summed E-state index contributed by atoms with van der Waals surface area (Å²) in [6.45, 7) is 7.73. The zero-order chi connectivity index (χ0) is 11.7. The van der Waals surface area contributed by atoms with E-state index >= 15 is 0 Å². The van der Waals surface area contributed by atoms with E-state index in [4.69, 9.17) is 10.00 Å². The monoisotopic (exact) mass is 209 g/mol. The van der Waals surface area contributed by atoms with Crippen molar-refractivity contribution >= 4 is 5.97 Å². The summed E-state index contributed by atoms with van der Waals surface area (Å²) >= 11 is 0. The lowest BCUT2D eigenvalue weighted by atomic mass is 9.96. The van der Waals surface area contributed by atoms with Crippen LogP contribution in [0.15, 0.2) is 12.7 Å². The molecule has 0 fully saturated rings. The molecular weight excluding hydrogens is 190 g/mol. The van der Waals surface area contributed by atoms with Gasteiger partial charge >= 0.3 is 5.97 Å². The largest absolute Gasteiger partial charge is 0.462 e. The molecule has 0 aliphatic rings. The van der Waals surface area contributed by atoms with Crippen molar-refractivity contribution in [1.82, 2.24) is 0 Å². The van der Waals surface area contributed by atoms with Gasteiger partial charge in [0.15, 0.2) is 0 Å². The Balaban J connectivity index is 3.78. The number of ether oxygens (including phenoxy) is 1. The minimum absolute atomic E-state index is 0.0779. The second-order valence-corrected chi connectivity index (χ2v) is 3.72. The summed E-state index contributed by atoms with van der Waals surface area (Å²) in [7, 11) is 0. The first-order valence-electron chi connectivity index (χ1n) is 5.32. The molecule has 0 aliphatic heterocycles. The minimum Gasteiger partial charge on any atom is -0.462 e. The Kier molecular flexibility index (Phi) is 7.35. The number of rotatable bonds is 7. The molecule has 0 aromatic carbocycles. The Hall–Kier alpha value is -1.30. The maximum atomic E-state index is 10.8. The van der Waals surface area contributed by atoms with Crippen LogP contribution in [0.3, 0.4) is 0 Å². The third kappa shape index (κ3) is 6.73. The summed E-state index contributed by atoms with van der Waals surface area (Å²) in [5, 5.41) is 8.63. The van der Waals surface area contributed by atoms with Crippen LogP contribution in [0.5, 0.6) is 0 Å². The number of hydrogen-bond acceptors (Lipinski definition) is 3. The second-order valence-electron chi connectivity index (χ2n) is 3.72. The summed E-state index contributed by atoms with van der Waals surface area (Å²) in [6, 6.07) is 2.20. The normalized spacial score (nSPS) is 13.7. The van der Waals surface area contributed by atoms with Crippen LogP contribution in [0, 0.1) is 23.2 Å². The molecule has 0 saturated heterocycles. The molecule has 0 aliphatic carbocycles. The van der Waals surface area contributed by atoms with Crippen molar-refractivity contribution in [3.05, 3.63) is 12.7 Å². The van der Waals surface area contributed by atoms with Crippen LogP contribution < -0.4 is 0 Å². The number of carbonyl (C=O) groups is 1. The Morgan fingerprint density at radius 1 is 1.60 bits per heavy atom.